The molecular weight excluding hydrogens is 723 g/mol. The quantitative estimate of drug-likeness (QED) is 0.0952. The molecule has 1 heterocycles. The van der Waals surface area contributed by atoms with Gasteiger partial charge >= 0.3 is 0 Å². The van der Waals surface area contributed by atoms with Crippen LogP contribution in [0.25, 0.3) is 33.3 Å². The molecule has 0 aliphatic rings. The molecule has 231 valence electrons. The van der Waals surface area contributed by atoms with E-state index in [1.54, 1.807) is 0 Å². The number of pyridine rings is 1. The topological polar surface area (TPSA) is 50.2 Å². The van der Waals surface area contributed by atoms with Crippen molar-refractivity contribution in [2.45, 2.75) is 80.9 Å². The fourth-order valence-electron chi connectivity index (χ4n) is 4.26. The average molecular weight is 771 g/mol. The van der Waals surface area contributed by atoms with Crippen molar-refractivity contribution in [3.63, 3.8) is 0 Å². The molecule has 0 atom stereocenters. The molecular formula is C38H48IrNO2Si-. The fourth-order valence-corrected chi connectivity index (χ4v) is 5.75. The smallest absolute Gasteiger partial charge is 0.164 e. The Hall–Kier alpha value is -2.85. The number of carbonyl (C=O) groups excluding carboxylic acids is 1. The van der Waals surface area contributed by atoms with E-state index < -0.39 is 13.5 Å². The van der Waals surface area contributed by atoms with Crippen molar-refractivity contribution in [2.24, 2.45) is 10.8 Å². The van der Waals surface area contributed by atoms with E-state index >= 15 is 0 Å². The standard InChI is InChI=1S/C27H28NSi.C11H20O2.Ir/c1-19(2)20-11-13-22(14-12-20)27-26(29(3,4)5)18-24-17-23(15-16-25(24)28-27)21-9-7-6-8-10-21;1-10(2,3)8(12)7-9(13)11(4,5)6;/h6-13,15-19H,1-5H3;7,12H,1-6H3;/q-1;;/b;8-7-;. The van der Waals surface area contributed by atoms with E-state index in [-0.39, 0.29) is 37.1 Å². The van der Waals surface area contributed by atoms with Gasteiger partial charge in [0.1, 0.15) is 5.76 Å². The first-order valence-corrected chi connectivity index (χ1v) is 18.4. The van der Waals surface area contributed by atoms with Gasteiger partial charge in [-0.15, -0.1) is 35.4 Å². The van der Waals surface area contributed by atoms with Crippen LogP contribution >= 0.6 is 0 Å². The minimum Gasteiger partial charge on any atom is -0.512 e. The summed E-state index contributed by atoms with van der Waals surface area (Å²) in [6.07, 6.45) is 1.33. The van der Waals surface area contributed by atoms with E-state index in [2.05, 4.69) is 112 Å². The van der Waals surface area contributed by atoms with Crippen molar-refractivity contribution in [1.82, 2.24) is 4.98 Å². The second-order valence-corrected chi connectivity index (χ2v) is 19.5. The number of nitrogens with zero attached hydrogens (tertiary/aromatic N) is 1. The minimum absolute atomic E-state index is 0. The third-order valence-electron chi connectivity index (χ3n) is 7.26. The van der Waals surface area contributed by atoms with Gasteiger partial charge in [0.25, 0.3) is 0 Å². The number of benzene rings is 3. The largest absolute Gasteiger partial charge is 0.512 e. The molecule has 0 bridgehead atoms. The van der Waals surface area contributed by atoms with Crippen LogP contribution in [-0.2, 0) is 24.9 Å². The Morgan fingerprint density at radius 2 is 1.49 bits per heavy atom. The van der Waals surface area contributed by atoms with Gasteiger partial charge in [-0.1, -0.05) is 129 Å². The SMILES string of the molecule is CC(C)(C)C(=O)/C=C(\O)C(C)(C)C.CC(C)c1c[c-]c(-c2nc3ccc(-c4ccccc4)cc3cc2[Si](C)(C)C)cc1.[Ir]. The summed E-state index contributed by atoms with van der Waals surface area (Å²) in [6.45, 7) is 22.7. The number of aliphatic hydroxyl groups excluding tert-OH is 1. The van der Waals surface area contributed by atoms with Crippen molar-refractivity contribution in [1.29, 1.82) is 0 Å². The Bertz CT molecular complexity index is 1550. The van der Waals surface area contributed by atoms with E-state index in [0.717, 1.165) is 16.8 Å². The van der Waals surface area contributed by atoms with Gasteiger partial charge in [-0.05, 0) is 34.3 Å². The molecule has 4 rings (SSSR count). The summed E-state index contributed by atoms with van der Waals surface area (Å²) in [7, 11) is -1.59. The maximum Gasteiger partial charge on any atom is 0.164 e. The van der Waals surface area contributed by atoms with Crippen LogP contribution in [0.4, 0.5) is 0 Å². The van der Waals surface area contributed by atoms with E-state index in [0.29, 0.717) is 5.92 Å². The Morgan fingerprint density at radius 3 is 1.98 bits per heavy atom. The van der Waals surface area contributed by atoms with Crippen molar-refractivity contribution >= 4 is 29.9 Å². The van der Waals surface area contributed by atoms with Crippen LogP contribution in [-0.4, -0.2) is 23.9 Å². The molecule has 3 nitrogen and oxygen atoms in total. The first kappa shape index (κ1) is 36.3. The number of hydrogen-bond donors (Lipinski definition) is 1. The molecule has 0 aliphatic carbocycles. The summed E-state index contributed by atoms with van der Waals surface area (Å²) in [5.74, 6) is 0.616. The Kier molecular flexibility index (Phi) is 12.1. The second kappa shape index (κ2) is 14.3. The Morgan fingerprint density at radius 1 is 0.860 bits per heavy atom. The summed E-state index contributed by atoms with van der Waals surface area (Å²) in [4.78, 5) is 16.6. The maximum atomic E-state index is 11.5. The van der Waals surface area contributed by atoms with Crippen LogP contribution < -0.4 is 5.19 Å². The summed E-state index contributed by atoms with van der Waals surface area (Å²) in [6, 6.07) is 29.6. The van der Waals surface area contributed by atoms with Gasteiger partial charge in [0.15, 0.2) is 5.78 Å². The maximum absolute atomic E-state index is 11.5. The number of allylic oxidation sites excluding steroid dienone is 2. The molecule has 4 aromatic rings. The minimum atomic E-state index is -1.59. The number of fused-ring (bicyclic) bond motifs is 1. The molecule has 0 amide bonds. The van der Waals surface area contributed by atoms with Crippen molar-refractivity contribution in [2.75, 3.05) is 0 Å². The molecule has 5 heteroatoms. The molecule has 1 radical (unpaired) electrons. The molecule has 0 saturated heterocycles. The van der Waals surface area contributed by atoms with E-state index in [4.69, 9.17) is 4.98 Å². The Labute approximate surface area is 274 Å². The van der Waals surface area contributed by atoms with Gasteiger partial charge in [0.2, 0.25) is 0 Å². The first-order chi connectivity index (χ1) is 19.4. The van der Waals surface area contributed by atoms with Gasteiger partial charge in [-0.2, -0.15) is 0 Å². The number of carbonyl (C=O) groups is 1. The number of hydrogen-bond acceptors (Lipinski definition) is 3. The van der Waals surface area contributed by atoms with Crippen LogP contribution in [0, 0.1) is 16.9 Å². The molecule has 3 aromatic carbocycles. The summed E-state index contributed by atoms with van der Waals surface area (Å²) in [5.41, 5.74) is 6.27. The molecule has 1 aromatic heterocycles. The molecule has 0 saturated carbocycles. The second-order valence-electron chi connectivity index (χ2n) is 14.5. The van der Waals surface area contributed by atoms with Crippen LogP contribution in [0.1, 0.15) is 66.9 Å². The zero-order valence-electron chi connectivity index (χ0n) is 27.7. The summed E-state index contributed by atoms with van der Waals surface area (Å²) < 4.78 is 0. The average Bonchev–Trinajstić information content (AvgIpc) is 2.91. The van der Waals surface area contributed by atoms with Gasteiger partial charge in [-0.3, -0.25) is 9.78 Å². The third kappa shape index (κ3) is 9.83. The molecule has 0 unspecified atom stereocenters. The van der Waals surface area contributed by atoms with E-state index in [1.807, 2.05) is 41.5 Å². The summed E-state index contributed by atoms with van der Waals surface area (Å²) in [5, 5.41) is 12.2. The van der Waals surface area contributed by atoms with Crippen molar-refractivity contribution in [3.8, 4) is 22.4 Å². The van der Waals surface area contributed by atoms with E-state index in [9.17, 15) is 9.90 Å². The van der Waals surface area contributed by atoms with Gasteiger partial charge in [-0.25, -0.2) is 0 Å². The number of aromatic nitrogens is 1. The van der Waals surface area contributed by atoms with Gasteiger partial charge in [0, 0.05) is 37.0 Å². The monoisotopic (exact) mass is 771 g/mol. The molecule has 43 heavy (non-hydrogen) atoms. The number of aliphatic hydroxyl groups is 1. The van der Waals surface area contributed by atoms with Gasteiger partial charge < -0.3 is 5.11 Å². The Balaban J connectivity index is 0.000000394. The molecule has 1 N–H and O–H groups in total. The summed E-state index contributed by atoms with van der Waals surface area (Å²) >= 11 is 0. The number of rotatable bonds is 5. The predicted molar refractivity (Wildman–Crippen MR) is 183 cm³/mol. The zero-order valence-corrected chi connectivity index (χ0v) is 31.1. The predicted octanol–water partition coefficient (Wildman–Crippen LogP) is 10.1. The fraction of sp³-hybridized carbons (Fsp3) is 0.368. The normalized spacial score (nSPS) is 12.4. The molecule has 0 aliphatic heterocycles. The van der Waals surface area contributed by atoms with Crippen molar-refractivity contribution in [3.05, 3.63) is 96.3 Å². The van der Waals surface area contributed by atoms with E-state index in [1.165, 1.54) is 33.3 Å². The van der Waals surface area contributed by atoms with Crippen LogP contribution in [0.3, 0.4) is 0 Å². The zero-order chi connectivity index (χ0) is 31.5. The van der Waals surface area contributed by atoms with Crippen LogP contribution in [0.15, 0.2) is 84.6 Å². The first-order valence-electron chi connectivity index (χ1n) is 14.9. The van der Waals surface area contributed by atoms with Crippen molar-refractivity contribution < 1.29 is 30.0 Å². The molecule has 0 fully saturated rings. The third-order valence-corrected chi connectivity index (χ3v) is 9.26. The number of ketones is 1. The molecule has 0 spiro atoms. The van der Waals surface area contributed by atoms with Crippen LogP contribution in [0.2, 0.25) is 19.6 Å². The van der Waals surface area contributed by atoms with Gasteiger partial charge in [0.05, 0.1) is 13.6 Å². The van der Waals surface area contributed by atoms with Crippen LogP contribution in [0.5, 0.6) is 0 Å².